The molecule has 0 bridgehead atoms. The van der Waals surface area contributed by atoms with Crippen LogP contribution in [0.25, 0.3) is 76.9 Å². The van der Waals surface area contributed by atoms with E-state index in [1.807, 2.05) is 12.1 Å². The van der Waals surface area contributed by atoms with E-state index in [2.05, 4.69) is 130 Å². The fourth-order valence-electron chi connectivity index (χ4n) is 6.73. The molecule has 0 aliphatic heterocycles. The molecule has 0 saturated heterocycles. The van der Waals surface area contributed by atoms with E-state index < -0.39 is 0 Å². The highest BCUT2D eigenvalue weighted by molar-refractivity contribution is 6.27. The van der Waals surface area contributed by atoms with E-state index in [1.54, 1.807) is 0 Å². The first-order valence-electron chi connectivity index (χ1n) is 13.7. The molecule has 0 amide bonds. The third-order valence-electron chi connectivity index (χ3n) is 8.37. The summed E-state index contributed by atoms with van der Waals surface area (Å²) in [6.07, 6.45) is 0. The molecule has 0 aliphatic rings. The lowest BCUT2D eigenvalue weighted by atomic mass is 10.1. The quantitative estimate of drug-likeness (QED) is 0.226. The number of benzene rings is 6. The zero-order valence-electron chi connectivity index (χ0n) is 21.9. The van der Waals surface area contributed by atoms with Gasteiger partial charge in [-0.1, -0.05) is 78.9 Å². The topological polar surface area (TPSA) is 46.8 Å². The van der Waals surface area contributed by atoms with E-state index >= 15 is 0 Å². The predicted octanol–water partition coefficient (Wildman–Crippen LogP) is 9.65. The van der Waals surface area contributed by atoms with Crippen LogP contribution < -0.4 is 0 Å². The average molecular weight is 524 g/mol. The number of hydrogen-bond acceptors (Lipinski definition) is 2. The molecular weight excluding hydrogens is 502 g/mol. The van der Waals surface area contributed by atoms with Gasteiger partial charge >= 0.3 is 0 Å². The van der Waals surface area contributed by atoms with Gasteiger partial charge in [0.15, 0.2) is 0 Å². The lowest BCUT2D eigenvalue weighted by Gasteiger charge is -2.15. The van der Waals surface area contributed by atoms with Gasteiger partial charge in [0.1, 0.15) is 22.8 Å². The Labute approximate surface area is 234 Å². The van der Waals surface area contributed by atoms with Gasteiger partial charge < -0.3 is 13.6 Å². The number of furan rings is 1. The Morgan fingerprint density at radius 3 is 1.63 bits per heavy atom. The molecule has 0 radical (unpaired) electrons. The van der Waals surface area contributed by atoms with Crippen molar-refractivity contribution in [2.75, 3.05) is 0 Å². The lowest BCUT2D eigenvalue weighted by molar-refractivity contribution is 0.669. The van der Waals surface area contributed by atoms with Gasteiger partial charge in [-0.05, 0) is 48.5 Å². The second-order valence-corrected chi connectivity index (χ2v) is 10.4. The lowest BCUT2D eigenvalue weighted by Crippen LogP contribution is -2.03. The standard InChI is InChI=1S/C37H21N3O/c38-22-27-31(39-28-14-5-1-10-23(28)24-11-2-6-15-29(24)39)17-9-18-32(27)40-30-16-7-3-12-25(30)36-33(40)20-21-35-37(36)26-13-4-8-19-34(26)41-35/h1-21H. The number of rotatable bonds is 2. The molecule has 0 N–H and O–H groups in total. The first kappa shape index (κ1) is 22.1. The normalized spacial score (nSPS) is 11.9. The van der Waals surface area contributed by atoms with Crippen LogP contribution in [0.15, 0.2) is 132 Å². The average Bonchev–Trinajstić information content (AvgIpc) is 3.68. The number of fused-ring (bicyclic) bond motifs is 10. The van der Waals surface area contributed by atoms with Gasteiger partial charge in [-0.15, -0.1) is 0 Å². The van der Waals surface area contributed by atoms with Crippen LogP contribution in [0.2, 0.25) is 0 Å². The molecule has 3 heterocycles. The van der Waals surface area contributed by atoms with Crippen molar-refractivity contribution in [3.8, 4) is 17.4 Å². The molecule has 3 aromatic heterocycles. The van der Waals surface area contributed by atoms with Gasteiger partial charge in [-0.2, -0.15) is 5.26 Å². The summed E-state index contributed by atoms with van der Waals surface area (Å²) in [4.78, 5) is 0. The molecule has 0 spiro atoms. The fourth-order valence-corrected chi connectivity index (χ4v) is 6.73. The maximum atomic E-state index is 10.8. The van der Waals surface area contributed by atoms with E-state index in [0.717, 1.165) is 66.2 Å². The molecule has 190 valence electrons. The van der Waals surface area contributed by atoms with Crippen molar-refractivity contribution in [2.24, 2.45) is 0 Å². The summed E-state index contributed by atoms with van der Waals surface area (Å²) in [5.41, 5.74) is 8.33. The summed E-state index contributed by atoms with van der Waals surface area (Å²) in [6.45, 7) is 0. The Balaban J connectivity index is 1.43. The first-order chi connectivity index (χ1) is 20.3. The molecule has 41 heavy (non-hydrogen) atoms. The van der Waals surface area contributed by atoms with Crippen LogP contribution >= 0.6 is 0 Å². The van der Waals surface area contributed by atoms with Crippen LogP contribution in [-0.4, -0.2) is 9.13 Å². The van der Waals surface area contributed by atoms with Crippen molar-refractivity contribution in [3.63, 3.8) is 0 Å². The summed E-state index contributed by atoms with van der Waals surface area (Å²) in [5.74, 6) is 0. The number of nitrogens with zero attached hydrogens (tertiary/aromatic N) is 3. The van der Waals surface area contributed by atoms with Crippen molar-refractivity contribution in [2.45, 2.75) is 0 Å². The third-order valence-corrected chi connectivity index (χ3v) is 8.37. The van der Waals surface area contributed by atoms with Gasteiger partial charge in [-0.3, -0.25) is 0 Å². The Morgan fingerprint density at radius 1 is 0.439 bits per heavy atom. The van der Waals surface area contributed by atoms with Crippen LogP contribution in [0.3, 0.4) is 0 Å². The highest BCUT2D eigenvalue weighted by atomic mass is 16.3. The molecule has 4 heteroatoms. The maximum Gasteiger partial charge on any atom is 0.136 e. The van der Waals surface area contributed by atoms with Gasteiger partial charge in [0.2, 0.25) is 0 Å². The van der Waals surface area contributed by atoms with Gasteiger partial charge in [0.05, 0.1) is 33.4 Å². The van der Waals surface area contributed by atoms with E-state index in [9.17, 15) is 5.26 Å². The second kappa shape index (κ2) is 8.11. The van der Waals surface area contributed by atoms with E-state index in [-0.39, 0.29) is 0 Å². The molecule has 0 unspecified atom stereocenters. The largest absolute Gasteiger partial charge is 0.456 e. The number of aromatic nitrogens is 2. The van der Waals surface area contributed by atoms with Crippen LogP contribution in [0.4, 0.5) is 0 Å². The smallest absolute Gasteiger partial charge is 0.136 e. The summed E-state index contributed by atoms with van der Waals surface area (Å²) in [5, 5.41) is 17.6. The molecular formula is C37H21N3O. The van der Waals surface area contributed by atoms with Gasteiger partial charge in [-0.25, -0.2) is 0 Å². The predicted molar refractivity (Wildman–Crippen MR) is 167 cm³/mol. The van der Waals surface area contributed by atoms with Gasteiger partial charge in [0, 0.05) is 32.3 Å². The van der Waals surface area contributed by atoms with Crippen LogP contribution in [0.5, 0.6) is 0 Å². The Hall–Kier alpha value is -5.79. The van der Waals surface area contributed by atoms with E-state index in [1.165, 1.54) is 10.8 Å². The zero-order chi connectivity index (χ0) is 27.1. The van der Waals surface area contributed by atoms with Crippen molar-refractivity contribution in [3.05, 3.63) is 133 Å². The molecule has 4 nitrogen and oxygen atoms in total. The fraction of sp³-hybridized carbons (Fsp3) is 0. The first-order valence-corrected chi connectivity index (χ1v) is 13.7. The monoisotopic (exact) mass is 523 g/mol. The highest BCUT2D eigenvalue weighted by Crippen LogP contribution is 2.42. The molecule has 9 rings (SSSR count). The molecule has 0 saturated carbocycles. The summed E-state index contributed by atoms with van der Waals surface area (Å²) in [7, 11) is 0. The van der Waals surface area contributed by atoms with Gasteiger partial charge in [0.25, 0.3) is 0 Å². The Morgan fingerprint density at radius 2 is 0.976 bits per heavy atom. The van der Waals surface area contributed by atoms with Crippen LogP contribution in [0.1, 0.15) is 5.56 Å². The minimum Gasteiger partial charge on any atom is -0.456 e. The number of para-hydroxylation sites is 4. The molecule has 9 aromatic rings. The van der Waals surface area contributed by atoms with Crippen molar-refractivity contribution in [1.82, 2.24) is 9.13 Å². The van der Waals surface area contributed by atoms with Crippen molar-refractivity contribution < 1.29 is 4.42 Å². The van der Waals surface area contributed by atoms with Crippen LogP contribution in [0, 0.1) is 11.3 Å². The van der Waals surface area contributed by atoms with E-state index in [0.29, 0.717) is 5.56 Å². The molecule has 0 atom stereocenters. The Kier molecular flexibility index (Phi) is 4.37. The van der Waals surface area contributed by atoms with E-state index in [4.69, 9.17) is 4.42 Å². The van der Waals surface area contributed by atoms with Crippen LogP contribution in [-0.2, 0) is 0 Å². The van der Waals surface area contributed by atoms with Crippen molar-refractivity contribution in [1.29, 1.82) is 5.26 Å². The minimum absolute atomic E-state index is 0.624. The molecule has 0 fully saturated rings. The summed E-state index contributed by atoms with van der Waals surface area (Å²) < 4.78 is 10.7. The number of nitriles is 1. The number of hydrogen-bond donors (Lipinski definition) is 0. The molecule has 6 aromatic carbocycles. The summed E-state index contributed by atoms with van der Waals surface area (Å²) >= 11 is 0. The maximum absolute atomic E-state index is 10.8. The summed E-state index contributed by atoms with van der Waals surface area (Å²) in [6, 6.07) is 46.4. The highest BCUT2D eigenvalue weighted by Gasteiger charge is 2.22. The van der Waals surface area contributed by atoms with Crippen molar-refractivity contribution >= 4 is 65.6 Å². The molecule has 0 aliphatic carbocycles. The zero-order valence-corrected chi connectivity index (χ0v) is 21.9. The Bertz CT molecular complexity index is 2500. The SMILES string of the molecule is N#Cc1c(-n2c3ccccc3c3ccccc32)cccc1-n1c2ccccc2c2c3c(ccc21)oc1ccccc13. The second-order valence-electron chi connectivity index (χ2n) is 10.4. The minimum atomic E-state index is 0.624. The third kappa shape index (κ3) is 2.87.